The average Bonchev–Trinajstić information content (AvgIpc) is 3.30. The van der Waals surface area contributed by atoms with Crippen molar-refractivity contribution in [2.24, 2.45) is 0 Å². The van der Waals surface area contributed by atoms with Crippen LogP contribution in [0.3, 0.4) is 0 Å². The molecule has 20 nitrogen and oxygen atoms in total. The topological polar surface area (TPSA) is 270 Å². The van der Waals surface area contributed by atoms with E-state index in [0.717, 1.165) is 25.7 Å². The van der Waals surface area contributed by atoms with E-state index in [1.807, 2.05) is 41.5 Å². The molecule has 2 atom stereocenters. The predicted molar refractivity (Wildman–Crippen MR) is 265 cm³/mol. The Balaban J connectivity index is 5.51. The van der Waals surface area contributed by atoms with Gasteiger partial charge in [0.1, 0.15) is 12.1 Å². The van der Waals surface area contributed by atoms with Crippen molar-refractivity contribution in [3.8, 4) is 0 Å². The predicted octanol–water partition coefficient (Wildman–Crippen LogP) is 2.99. The summed E-state index contributed by atoms with van der Waals surface area (Å²) in [4.78, 5) is 102. The molecule has 0 aromatic carbocycles. The molecule has 8 amide bonds. The summed E-state index contributed by atoms with van der Waals surface area (Å²) < 4.78 is 21.5. The van der Waals surface area contributed by atoms with E-state index >= 15 is 0 Å². The summed E-state index contributed by atoms with van der Waals surface area (Å²) in [5, 5.41) is 22.6. The van der Waals surface area contributed by atoms with E-state index in [2.05, 4.69) is 42.5 Å². The zero-order valence-corrected chi connectivity index (χ0v) is 43.2. The second kappa shape index (κ2) is 43.6. The van der Waals surface area contributed by atoms with Crippen LogP contribution in [0.2, 0.25) is 0 Å². The van der Waals surface area contributed by atoms with Gasteiger partial charge >= 0.3 is 0 Å². The van der Waals surface area contributed by atoms with E-state index in [0.29, 0.717) is 124 Å². The molecule has 0 radical (unpaired) electrons. The summed E-state index contributed by atoms with van der Waals surface area (Å²) in [6.45, 7) is 17.5. The number of rotatable bonds is 45. The van der Waals surface area contributed by atoms with E-state index < -0.39 is 23.9 Å². The van der Waals surface area contributed by atoms with Crippen LogP contribution in [0.1, 0.15) is 164 Å². The molecule has 0 fully saturated rings. The van der Waals surface area contributed by atoms with Crippen LogP contribution in [0.5, 0.6) is 0 Å². The van der Waals surface area contributed by atoms with Gasteiger partial charge in [-0.05, 0) is 112 Å². The number of carbonyl (C=O) groups is 8. The minimum absolute atomic E-state index is 0.00287. The Morgan fingerprint density at radius 2 is 0.710 bits per heavy atom. The highest BCUT2D eigenvalue weighted by molar-refractivity contribution is 5.92. The third kappa shape index (κ3) is 42.2. The smallest absolute Gasteiger partial charge is 0.243 e. The highest BCUT2D eigenvalue weighted by Gasteiger charge is 2.26. The lowest BCUT2D eigenvalue weighted by atomic mass is 10.0. The average molecular weight is 985 g/mol. The fourth-order valence-electron chi connectivity index (χ4n) is 6.66. The number of hydrogen-bond acceptors (Lipinski definition) is 12. The van der Waals surface area contributed by atoms with Crippen molar-refractivity contribution in [1.29, 1.82) is 0 Å². The minimum Gasteiger partial charge on any atom is -0.380 e. The Morgan fingerprint density at radius 3 is 1.12 bits per heavy atom. The van der Waals surface area contributed by atoms with Crippen LogP contribution in [-0.4, -0.2) is 150 Å². The second-order valence-electron chi connectivity index (χ2n) is 17.7. The molecule has 0 aliphatic heterocycles. The first-order valence-corrected chi connectivity index (χ1v) is 25.7. The van der Waals surface area contributed by atoms with Crippen molar-refractivity contribution < 1.29 is 57.3 Å². The van der Waals surface area contributed by atoms with E-state index in [9.17, 15) is 38.4 Å². The molecule has 0 aliphatic carbocycles. The first-order valence-electron chi connectivity index (χ1n) is 25.7. The van der Waals surface area contributed by atoms with Crippen LogP contribution < -0.4 is 42.5 Å². The molecule has 0 rings (SSSR count). The molecule has 0 saturated carbocycles. The SMILES string of the molecule is CCOCCNC(=O)CCCC(=O)NCCCCC(NC(=O)CCCC(=O)NCCOCC)C(=O)NC(CCCCNC(=O)CCCC(=O)NCCOCC)C(=O)NCCCCCCOC(C)(C)C. The fraction of sp³-hybridized carbons (Fsp3) is 0.837. The number of nitrogens with one attached hydrogen (secondary N) is 8. The van der Waals surface area contributed by atoms with Crippen molar-refractivity contribution in [3.05, 3.63) is 0 Å². The summed E-state index contributed by atoms with van der Waals surface area (Å²) in [6, 6.07) is -1.91. The van der Waals surface area contributed by atoms with E-state index in [-0.39, 0.29) is 98.8 Å². The molecule has 0 aromatic rings. The highest BCUT2D eigenvalue weighted by atomic mass is 16.5. The number of amides is 8. The molecule has 20 heteroatoms. The first-order chi connectivity index (χ1) is 33.1. The Hall–Kier alpha value is -4.40. The zero-order chi connectivity index (χ0) is 51.4. The number of hydrogen-bond donors (Lipinski definition) is 8. The molecule has 0 aromatic heterocycles. The van der Waals surface area contributed by atoms with Crippen molar-refractivity contribution in [1.82, 2.24) is 42.5 Å². The van der Waals surface area contributed by atoms with Gasteiger partial charge in [0, 0.05) is 104 Å². The molecular weight excluding hydrogens is 893 g/mol. The molecule has 0 bridgehead atoms. The largest absolute Gasteiger partial charge is 0.380 e. The summed E-state index contributed by atoms with van der Waals surface area (Å²) in [5.74, 6) is -2.18. The van der Waals surface area contributed by atoms with Crippen molar-refractivity contribution in [2.75, 3.05) is 85.5 Å². The van der Waals surface area contributed by atoms with Crippen LogP contribution in [0.4, 0.5) is 0 Å². The van der Waals surface area contributed by atoms with Crippen LogP contribution in [0.25, 0.3) is 0 Å². The van der Waals surface area contributed by atoms with Crippen LogP contribution in [-0.2, 0) is 57.3 Å². The maximum Gasteiger partial charge on any atom is 0.243 e. The highest BCUT2D eigenvalue weighted by Crippen LogP contribution is 2.10. The fourth-order valence-corrected chi connectivity index (χ4v) is 6.66. The van der Waals surface area contributed by atoms with Gasteiger partial charge in [-0.25, -0.2) is 0 Å². The van der Waals surface area contributed by atoms with Crippen LogP contribution in [0.15, 0.2) is 0 Å². The quantitative estimate of drug-likeness (QED) is 0.0410. The van der Waals surface area contributed by atoms with Gasteiger partial charge in [0.05, 0.1) is 25.4 Å². The van der Waals surface area contributed by atoms with Crippen molar-refractivity contribution in [2.45, 2.75) is 181 Å². The van der Waals surface area contributed by atoms with E-state index in [1.54, 1.807) is 0 Å². The van der Waals surface area contributed by atoms with Gasteiger partial charge in [-0.3, -0.25) is 38.4 Å². The molecule has 0 saturated heterocycles. The molecule has 400 valence electrons. The zero-order valence-electron chi connectivity index (χ0n) is 43.2. The molecule has 0 aliphatic rings. The summed E-state index contributed by atoms with van der Waals surface area (Å²) in [6.07, 6.45) is 7.98. The Kier molecular flexibility index (Phi) is 40.8. The maximum atomic E-state index is 14.0. The van der Waals surface area contributed by atoms with Gasteiger partial charge in [0.15, 0.2) is 0 Å². The molecule has 2 unspecified atom stereocenters. The number of unbranched alkanes of at least 4 members (excludes halogenated alkanes) is 5. The number of carbonyl (C=O) groups excluding carboxylic acids is 8. The second-order valence-corrected chi connectivity index (χ2v) is 17.7. The van der Waals surface area contributed by atoms with E-state index in [1.165, 1.54) is 0 Å². The van der Waals surface area contributed by atoms with Gasteiger partial charge in [-0.15, -0.1) is 0 Å². The Bertz CT molecular complexity index is 1430. The van der Waals surface area contributed by atoms with Crippen molar-refractivity contribution >= 4 is 47.3 Å². The summed E-state index contributed by atoms with van der Waals surface area (Å²) in [7, 11) is 0. The van der Waals surface area contributed by atoms with Crippen LogP contribution >= 0.6 is 0 Å². The third-order valence-corrected chi connectivity index (χ3v) is 10.4. The Morgan fingerprint density at radius 1 is 0.362 bits per heavy atom. The lowest BCUT2D eigenvalue weighted by Gasteiger charge is -2.23. The van der Waals surface area contributed by atoms with Gasteiger partial charge in [0.2, 0.25) is 47.3 Å². The van der Waals surface area contributed by atoms with Gasteiger partial charge in [-0.2, -0.15) is 0 Å². The van der Waals surface area contributed by atoms with Crippen LogP contribution in [0, 0.1) is 0 Å². The summed E-state index contributed by atoms with van der Waals surface area (Å²) >= 11 is 0. The molecule has 0 spiro atoms. The normalized spacial score (nSPS) is 12.0. The third-order valence-electron chi connectivity index (χ3n) is 10.4. The molecule has 8 N–H and O–H groups in total. The lowest BCUT2D eigenvalue weighted by molar-refractivity contribution is -0.132. The Labute approximate surface area is 412 Å². The first kappa shape index (κ1) is 64.6. The van der Waals surface area contributed by atoms with E-state index in [4.69, 9.17) is 18.9 Å². The number of ether oxygens (including phenoxy) is 4. The lowest BCUT2D eigenvalue weighted by Crippen LogP contribution is -2.53. The van der Waals surface area contributed by atoms with Gasteiger partial charge in [-0.1, -0.05) is 12.8 Å². The minimum atomic E-state index is -0.994. The standard InChI is InChI=1S/C49H92N8O12/c1-7-66-36-32-52-43(60)25-18-23-41(58)50-29-15-12-21-39(47(64)55-31-14-10-11-17-35-69-49(4,5)6)57-48(65)40(56-46(63)28-20-27-45(62)54-34-38-68-9-3)22-13-16-30-51-42(59)24-19-26-44(61)53-33-37-67-8-2/h39-40H,7-38H2,1-6H3,(H,50,58)(H,51,59)(H,52,60)(H,53,61)(H,54,62)(H,55,64)(H,56,63)(H,57,65). The van der Waals surface area contributed by atoms with Gasteiger partial charge in [0.25, 0.3) is 0 Å². The maximum absolute atomic E-state index is 14.0. The van der Waals surface area contributed by atoms with Gasteiger partial charge < -0.3 is 61.5 Å². The summed E-state index contributed by atoms with van der Waals surface area (Å²) in [5.41, 5.74) is -0.198. The van der Waals surface area contributed by atoms with Crippen molar-refractivity contribution in [3.63, 3.8) is 0 Å². The molecular formula is C49H92N8O12. The monoisotopic (exact) mass is 985 g/mol. The molecule has 0 heterocycles. The molecule has 69 heavy (non-hydrogen) atoms.